The van der Waals surface area contributed by atoms with E-state index in [4.69, 9.17) is 14.2 Å². The van der Waals surface area contributed by atoms with Crippen LogP contribution in [0.3, 0.4) is 0 Å². The predicted molar refractivity (Wildman–Crippen MR) is 101 cm³/mol. The summed E-state index contributed by atoms with van der Waals surface area (Å²) in [7, 11) is 1.42. The Balaban J connectivity index is 2.15. The highest BCUT2D eigenvalue weighted by Crippen LogP contribution is 2.34. The summed E-state index contributed by atoms with van der Waals surface area (Å²) in [6, 6.07) is 9.72. The van der Waals surface area contributed by atoms with E-state index >= 15 is 0 Å². The number of esters is 1. The lowest BCUT2D eigenvalue weighted by Gasteiger charge is -2.13. The zero-order chi connectivity index (χ0) is 21.9. The van der Waals surface area contributed by atoms with Crippen LogP contribution in [0, 0.1) is 11.3 Å². The fourth-order valence-electron chi connectivity index (χ4n) is 2.99. The van der Waals surface area contributed by atoms with Crippen LogP contribution in [0.25, 0.3) is 16.6 Å². The average molecular weight is 418 g/mol. The van der Waals surface area contributed by atoms with Gasteiger partial charge in [0.05, 0.1) is 23.3 Å². The molecule has 0 saturated heterocycles. The molecule has 6 nitrogen and oxygen atoms in total. The molecule has 0 aliphatic heterocycles. The molecule has 0 radical (unpaired) electrons. The van der Waals surface area contributed by atoms with Crippen LogP contribution >= 0.6 is 0 Å². The summed E-state index contributed by atoms with van der Waals surface area (Å²) < 4.78 is 56.2. The highest BCUT2D eigenvalue weighted by Gasteiger charge is 2.31. The van der Waals surface area contributed by atoms with Crippen molar-refractivity contribution in [1.82, 2.24) is 4.57 Å². The van der Waals surface area contributed by atoms with Gasteiger partial charge in [0.25, 0.3) is 0 Å². The lowest BCUT2D eigenvalue weighted by molar-refractivity contribution is -0.137. The van der Waals surface area contributed by atoms with E-state index in [2.05, 4.69) is 0 Å². The summed E-state index contributed by atoms with van der Waals surface area (Å²) in [4.78, 5) is 12.2. The van der Waals surface area contributed by atoms with Crippen molar-refractivity contribution in [2.45, 2.75) is 13.1 Å². The van der Waals surface area contributed by atoms with E-state index in [0.29, 0.717) is 11.2 Å². The van der Waals surface area contributed by atoms with Crippen LogP contribution in [0.1, 0.15) is 28.4 Å². The minimum atomic E-state index is -4.52. The molecule has 0 N–H and O–H groups in total. The van der Waals surface area contributed by atoms with Gasteiger partial charge in [-0.1, -0.05) is 0 Å². The normalized spacial score (nSPS) is 11.3. The third-order valence-corrected chi connectivity index (χ3v) is 4.32. The number of methoxy groups -OCH3 is 1. The molecule has 0 aliphatic carbocycles. The van der Waals surface area contributed by atoms with Gasteiger partial charge in [-0.3, -0.25) is 0 Å². The summed E-state index contributed by atoms with van der Waals surface area (Å²) in [5, 5.41) is 9.56. The number of nitrogens with zero attached hydrogens (tertiary/aromatic N) is 2. The quantitative estimate of drug-likeness (QED) is 0.429. The number of ether oxygens (including phenoxy) is 3. The van der Waals surface area contributed by atoms with Crippen LogP contribution in [0.4, 0.5) is 13.2 Å². The van der Waals surface area contributed by atoms with E-state index in [1.807, 2.05) is 6.07 Å². The maximum atomic E-state index is 13.1. The molecule has 1 heterocycles. The highest BCUT2D eigenvalue weighted by molar-refractivity contribution is 5.93. The molecule has 0 bridgehead atoms. The summed E-state index contributed by atoms with van der Waals surface area (Å²) in [5.74, 6) is -0.403. The van der Waals surface area contributed by atoms with Gasteiger partial charge in [0, 0.05) is 30.4 Å². The summed E-state index contributed by atoms with van der Waals surface area (Å²) in [6.45, 7) is 1.73. The van der Waals surface area contributed by atoms with Crippen molar-refractivity contribution < 1.29 is 32.2 Å². The van der Waals surface area contributed by atoms with Gasteiger partial charge in [-0.2, -0.15) is 18.4 Å². The van der Waals surface area contributed by atoms with Crippen LogP contribution in [-0.2, 0) is 15.7 Å². The van der Waals surface area contributed by atoms with Crippen molar-refractivity contribution >= 4 is 16.9 Å². The highest BCUT2D eigenvalue weighted by atomic mass is 19.4. The van der Waals surface area contributed by atoms with Crippen LogP contribution in [0.5, 0.6) is 5.75 Å². The molecule has 9 heteroatoms. The Bertz CT molecular complexity index is 1130. The number of carbonyl (C=O) groups is 1. The van der Waals surface area contributed by atoms with Crippen molar-refractivity contribution in [3.8, 4) is 17.5 Å². The monoisotopic (exact) mass is 418 g/mol. The molecule has 1 aromatic heterocycles. The molecule has 30 heavy (non-hydrogen) atoms. The standard InChI is InChI=1S/C21H17F3N2O4/c1-3-29-20(27)16-6-5-15(9-19(16)30-12-28-2)26-11-13(10-25)17-8-14(21(22,23)24)4-7-18(17)26/h4-9,11H,3,12H2,1-2H3. The first kappa shape index (κ1) is 21.2. The van der Waals surface area contributed by atoms with Crippen molar-refractivity contribution in [3.63, 3.8) is 0 Å². The molecule has 0 saturated carbocycles. The third-order valence-electron chi connectivity index (χ3n) is 4.32. The average Bonchev–Trinajstić information content (AvgIpc) is 3.09. The number of aromatic nitrogens is 1. The first-order valence-electron chi connectivity index (χ1n) is 8.85. The second kappa shape index (κ2) is 8.47. The maximum Gasteiger partial charge on any atom is 0.416 e. The summed E-state index contributed by atoms with van der Waals surface area (Å²) >= 11 is 0. The Morgan fingerprint density at radius 1 is 1.20 bits per heavy atom. The van der Waals surface area contributed by atoms with Crippen LogP contribution in [0.15, 0.2) is 42.6 Å². The molecule has 156 valence electrons. The molecule has 3 aromatic rings. The van der Waals surface area contributed by atoms with Gasteiger partial charge < -0.3 is 18.8 Å². The minimum absolute atomic E-state index is 0.0879. The van der Waals surface area contributed by atoms with Crippen molar-refractivity contribution in [1.29, 1.82) is 5.26 Å². The second-order valence-corrected chi connectivity index (χ2v) is 6.21. The predicted octanol–water partition coefficient (Wildman–Crippen LogP) is 4.68. The molecule has 0 aliphatic rings. The summed E-state index contributed by atoms with van der Waals surface area (Å²) in [6.07, 6.45) is -3.09. The number of halogens is 3. The van der Waals surface area contributed by atoms with Gasteiger partial charge in [-0.15, -0.1) is 0 Å². The molecule has 0 fully saturated rings. The Morgan fingerprint density at radius 3 is 2.60 bits per heavy atom. The molecule has 0 spiro atoms. The maximum absolute atomic E-state index is 13.1. The van der Waals surface area contributed by atoms with Crippen molar-refractivity contribution in [2.24, 2.45) is 0 Å². The molecule has 0 atom stereocenters. The Hall–Kier alpha value is -3.51. The number of benzene rings is 2. The van der Waals surface area contributed by atoms with E-state index in [-0.39, 0.29) is 35.7 Å². The molecule has 0 amide bonds. The number of rotatable bonds is 6. The summed E-state index contributed by atoms with van der Waals surface area (Å²) in [5.41, 5.74) is 0.312. The molecular weight excluding hydrogens is 401 g/mol. The van der Waals surface area contributed by atoms with E-state index in [1.165, 1.54) is 31.5 Å². The first-order chi connectivity index (χ1) is 14.3. The molecule has 0 unspecified atom stereocenters. The fraction of sp³-hybridized carbons (Fsp3) is 0.238. The number of nitriles is 1. The van der Waals surface area contributed by atoms with Gasteiger partial charge in [0.1, 0.15) is 17.4 Å². The smallest absolute Gasteiger partial charge is 0.416 e. The topological polar surface area (TPSA) is 73.5 Å². The molecular formula is C21H17F3N2O4. The van der Waals surface area contributed by atoms with Crippen molar-refractivity contribution in [3.05, 3.63) is 59.3 Å². The largest absolute Gasteiger partial charge is 0.467 e. The van der Waals surface area contributed by atoms with E-state index < -0.39 is 17.7 Å². The van der Waals surface area contributed by atoms with Crippen LogP contribution in [-0.4, -0.2) is 31.0 Å². The first-order valence-corrected chi connectivity index (χ1v) is 8.85. The fourth-order valence-corrected chi connectivity index (χ4v) is 2.99. The number of carbonyl (C=O) groups excluding carboxylic acids is 1. The Labute approximate surface area is 170 Å². The van der Waals surface area contributed by atoms with E-state index in [1.54, 1.807) is 17.6 Å². The van der Waals surface area contributed by atoms with Crippen LogP contribution in [0.2, 0.25) is 0 Å². The second-order valence-electron chi connectivity index (χ2n) is 6.21. The zero-order valence-electron chi connectivity index (χ0n) is 16.1. The van der Waals surface area contributed by atoms with Crippen LogP contribution < -0.4 is 4.74 Å². The minimum Gasteiger partial charge on any atom is -0.467 e. The van der Waals surface area contributed by atoms with Gasteiger partial charge >= 0.3 is 12.1 Å². The van der Waals surface area contributed by atoms with E-state index in [9.17, 15) is 23.2 Å². The number of hydrogen-bond donors (Lipinski definition) is 0. The van der Waals surface area contributed by atoms with Crippen molar-refractivity contribution in [2.75, 3.05) is 20.5 Å². The van der Waals surface area contributed by atoms with Gasteiger partial charge in [-0.25, -0.2) is 4.79 Å². The third kappa shape index (κ3) is 4.09. The lowest BCUT2D eigenvalue weighted by atomic mass is 10.1. The molecule has 3 rings (SSSR count). The van der Waals surface area contributed by atoms with Gasteiger partial charge in [-0.05, 0) is 37.3 Å². The Kier molecular flexibility index (Phi) is 5.99. The number of alkyl halides is 3. The number of fused-ring (bicyclic) bond motifs is 1. The zero-order valence-corrected chi connectivity index (χ0v) is 16.1. The van der Waals surface area contributed by atoms with Gasteiger partial charge in [0.2, 0.25) is 0 Å². The van der Waals surface area contributed by atoms with E-state index in [0.717, 1.165) is 12.1 Å². The van der Waals surface area contributed by atoms with Gasteiger partial charge in [0.15, 0.2) is 6.79 Å². The Morgan fingerprint density at radius 2 is 1.97 bits per heavy atom. The lowest BCUT2D eigenvalue weighted by Crippen LogP contribution is -2.10. The number of hydrogen-bond acceptors (Lipinski definition) is 5. The molecule has 2 aromatic carbocycles. The SMILES string of the molecule is CCOC(=O)c1ccc(-n2cc(C#N)c3cc(C(F)(F)F)ccc32)cc1OCOC.